The van der Waals surface area contributed by atoms with E-state index in [2.05, 4.69) is 9.44 Å². The highest BCUT2D eigenvalue weighted by atomic mass is 35.5. The van der Waals surface area contributed by atoms with Crippen LogP contribution in [0.15, 0.2) is 69.1 Å². The number of sulfonamides is 2. The number of thiophene rings is 1. The van der Waals surface area contributed by atoms with Crippen LogP contribution in [0.5, 0.6) is 0 Å². The maximum atomic E-state index is 12.6. The van der Waals surface area contributed by atoms with E-state index in [0.717, 1.165) is 11.3 Å². The molecule has 0 spiro atoms. The zero-order valence-corrected chi connectivity index (χ0v) is 17.3. The van der Waals surface area contributed by atoms with Gasteiger partial charge in [0.1, 0.15) is 4.21 Å². The summed E-state index contributed by atoms with van der Waals surface area (Å²) in [5, 5.41) is 1.94. The molecule has 2 N–H and O–H groups in total. The van der Waals surface area contributed by atoms with E-state index in [4.69, 9.17) is 23.2 Å². The van der Waals surface area contributed by atoms with Crippen molar-refractivity contribution in [2.45, 2.75) is 9.10 Å². The molecule has 11 heteroatoms. The summed E-state index contributed by atoms with van der Waals surface area (Å²) < 4.78 is 55.0. The minimum atomic E-state index is -4.01. The van der Waals surface area contributed by atoms with Crippen LogP contribution in [0.2, 0.25) is 10.0 Å². The third kappa shape index (κ3) is 4.56. The Morgan fingerprint density at radius 1 is 0.741 bits per heavy atom. The first-order valence-corrected chi connectivity index (χ1v) is 11.9. The summed E-state index contributed by atoms with van der Waals surface area (Å²) in [4.78, 5) is -0.104. The third-order valence-electron chi connectivity index (χ3n) is 3.38. The van der Waals surface area contributed by atoms with Crippen LogP contribution in [0.4, 0.5) is 11.4 Å². The maximum absolute atomic E-state index is 12.6. The Hall–Kier alpha value is -1.78. The van der Waals surface area contributed by atoms with Crippen molar-refractivity contribution in [1.82, 2.24) is 0 Å². The molecule has 0 saturated carbocycles. The summed E-state index contributed by atoms with van der Waals surface area (Å²) in [7, 11) is -7.84. The van der Waals surface area contributed by atoms with E-state index < -0.39 is 20.0 Å². The summed E-state index contributed by atoms with van der Waals surface area (Å²) >= 11 is 12.8. The Morgan fingerprint density at radius 2 is 1.37 bits per heavy atom. The predicted octanol–water partition coefficient (Wildman–Crippen LogP) is 4.66. The van der Waals surface area contributed by atoms with Gasteiger partial charge in [-0.25, -0.2) is 16.8 Å². The second-order valence-electron chi connectivity index (χ2n) is 5.26. The lowest BCUT2D eigenvalue weighted by molar-refractivity contribution is 0.599. The monoisotopic (exact) mass is 462 g/mol. The number of para-hydroxylation sites is 2. The average molecular weight is 463 g/mol. The molecule has 0 atom stereocenters. The molecule has 1 aromatic heterocycles. The number of hydrogen-bond donors (Lipinski definition) is 2. The van der Waals surface area contributed by atoms with Crippen molar-refractivity contribution < 1.29 is 16.8 Å². The van der Waals surface area contributed by atoms with Gasteiger partial charge in [-0.3, -0.25) is 9.44 Å². The molecule has 0 aliphatic heterocycles. The zero-order chi connectivity index (χ0) is 19.7. The van der Waals surface area contributed by atoms with Crippen molar-refractivity contribution in [3.63, 3.8) is 0 Å². The van der Waals surface area contributed by atoms with Crippen molar-refractivity contribution in [2.24, 2.45) is 0 Å². The van der Waals surface area contributed by atoms with E-state index in [9.17, 15) is 16.8 Å². The first-order valence-electron chi connectivity index (χ1n) is 7.32. The normalized spacial score (nSPS) is 11.9. The van der Waals surface area contributed by atoms with Gasteiger partial charge in [0.15, 0.2) is 0 Å². The third-order valence-corrected chi connectivity index (χ3v) is 8.24. The van der Waals surface area contributed by atoms with E-state index in [1.54, 1.807) is 23.6 Å². The molecule has 0 amide bonds. The van der Waals surface area contributed by atoms with Crippen LogP contribution >= 0.6 is 34.5 Å². The smallest absolute Gasteiger partial charge is 0.271 e. The molecule has 6 nitrogen and oxygen atoms in total. The summed E-state index contributed by atoms with van der Waals surface area (Å²) in [5.74, 6) is 0. The van der Waals surface area contributed by atoms with E-state index in [-0.39, 0.29) is 30.5 Å². The highest BCUT2D eigenvalue weighted by Gasteiger charge is 2.20. The Morgan fingerprint density at radius 3 is 1.93 bits per heavy atom. The van der Waals surface area contributed by atoms with E-state index in [0.29, 0.717) is 0 Å². The van der Waals surface area contributed by atoms with Crippen LogP contribution in [0.25, 0.3) is 0 Å². The van der Waals surface area contributed by atoms with Gasteiger partial charge < -0.3 is 0 Å². The molecule has 0 unspecified atom stereocenters. The SMILES string of the molecule is O=S(=O)(Nc1ccccc1NS(=O)(=O)c1cccs1)c1ccc(Cl)c(Cl)c1. The quantitative estimate of drug-likeness (QED) is 0.556. The molecule has 2 aromatic carbocycles. The maximum Gasteiger partial charge on any atom is 0.271 e. The predicted molar refractivity (Wildman–Crippen MR) is 109 cm³/mol. The fourth-order valence-corrected chi connectivity index (χ4v) is 5.66. The van der Waals surface area contributed by atoms with Crippen molar-refractivity contribution in [3.05, 3.63) is 70.0 Å². The molecule has 1 heterocycles. The van der Waals surface area contributed by atoms with E-state index in [1.807, 2.05) is 0 Å². The van der Waals surface area contributed by atoms with E-state index in [1.165, 1.54) is 36.4 Å². The lowest BCUT2D eigenvalue weighted by Crippen LogP contribution is -2.17. The topological polar surface area (TPSA) is 92.3 Å². The van der Waals surface area contributed by atoms with Gasteiger partial charge >= 0.3 is 0 Å². The second-order valence-corrected chi connectivity index (χ2v) is 10.6. The van der Waals surface area contributed by atoms with E-state index >= 15 is 0 Å². The van der Waals surface area contributed by atoms with Gasteiger partial charge in [0.25, 0.3) is 20.0 Å². The number of rotatable bonds is 6. The van der Waals surface area contributed by atoms with Crippen LogP contribution in [0, 0.1) is 0 Å². The average Bonchev–Trinajstić information content (AvgIpc) is 3.14. The largest absolute Gasteiger partial charge is 0.277 e. The van der Waals surface area contributed by atoms with Gasteiger partial charge in [0, 0.05) is 0 Å². The molecule has 0 saturated heterocycles. The number of anilines is 2. The lowest BCUT2D eigenvalue weighted by Gasteiger charge is -2.14. The molecular weight excluding hydrogens is 451 g/mol. The first kappa shape index (κ1) is 20.0. The molecule has 0 aliphatic rings. The van der Waals surface area contributed by atoms with Gasteiger partial charge in [-0.1, -0.05) is 41.4 Å². The first-order chi connectivity index (χ1) is 12.7. The van der Waals surface area contributed by atoms with Crippen molar-refractivity contribution in [3.8, 4) is 0 Å². The van der Waals surface area contributed by atoms with Crippen LogP contribution < -0.4 is 9.44 Å². The molecule has 27 heavy (non-hydrogen) atoms. The van der Waals surface area contributed by atoms with Crippen molar-refractivity contribution in [1.29, 1.82) is 0 Å². The molecule has 0 fully saturated rings. The Balaban J connectivity index is 1.93. The minimum Gasteiger partial charge on any atom is -0.277 e. The van der Waals surface area contributed by atoms with Gasteiger partial charge in [0.05, 0.1) is 26.3 Å². The molecule has 3 aromatic rings. The zero-order valence-electron chi connectivity index (χ0n) is 13.4. The Kier molecular flexibility index (Phi) is 5.68. The van der Waals surface area contributed by atoms with Crippen LogP contribution in [0.3, 0.4) is 0 Å². The fraction of sp³-hybridized carbons (Fsp3) is 0. The van der Waals surface area contributed by atoms with Crippen LogP contribution in [-0.4, -0.2) is 16.8 Å². The second kappa shape index (κ2) is 7.69. The molecule has 142 valence electrons. The standard InChI is InChI=1S/C16H12Cl2N2O4S3/c17-12-8-7-11(10-13(12)18)26(21,22)19-14-4-1-2-5-15(14)20-27(23,24)16-6-3-9-25-16/h1-10,19-20H. The molecule has 0 aliphatic carbocycles. The molecule has 0 radical (unpaired) electrons. The number of hydrogen-bond acceptors (Lipinski definition) is 5. The van der Waals surface area contributed by atoms with Gasteiger partial charge in [-0.15, -0.1) is 11.3 Å². The Labute approximate surface area is 170 Å². The minimum absolute atomic E-state index is 0.0729. The van der Waals surface area contributed by atoms with Crippen LogP contribution in [0.1, 0.15) is 0 Å². The highest BCUT2D eigenvalue weighted by Crippen LogP contribution is 2.30. The highest BCUT2D eigenvalue weighted by molar-refractivity contribution is 7.94. The van der Waals surface area contributed by atoms with Gasteiger partial charge in [0.2, 0.25) is 0 Å². The van der Waals surface area contributed by atoms with Crippen molar-refractivity contribution >= 4 is 66.0 Å². The summed E-state index contributed by atoms with van der Waals surface area (Å²) in [6.07, 6.45) is 0. The number of benzene rings is 2. The van der Waals surface area contributed by atoms with Gasteiger partial charge in [-0.05, 0) is 41.8 Å². The number of nitrogens with one attached hydrogen (secondary N) is 2. The molecule has 0 bridgehead atoms. The summed E-state index contributed by atoms with van der Waals surface area (Å²) in [5.41, 5.74) is 0.165. The molecular formula is C16H12Cl2N2O4S3. The number of halogens is 2. The summed E-state index contributed by atoms with van der Waals surface area (Å²) in [6.45, 7) is 0. The van der Waals surface area contributed by atoms with Gasteiger partial charge in [-0.2, -0.15) is 0 Å². The van der Waals surface area contributed by atoms with Crippen molar-refractivity contribution in [2.75, 3.05) is 9.44 Å². The molecule has 3 rings (SSSR count). The lowest BCUT2D eigenvalue weighted by atomic mass is 10.3. The Bertz CT molecular complexity index is 1180. The fourth-order valence-electron chi connectivity index (χ4n) is 2.12. The van der Waals surface area contributed by atoms with Crippen LogP contribution in [-0.2, 0) is 20.0 Å². The summed E-state index contributed by atoms with van der Waals surface area (Å²) in [6, 6.07) is 13.0.